The van der Waals surface area contributed by atoms with Crippen LogP contribution in [0.3, 0.4) is 0 Å². The van der Waals surface area contributed by atoms with Gasteiger partial charge in [-0.15, -0.1) is 11.3 Å². The normalized spacial score (nSPS) is 16.4. The molecule has 0 aromatic carbocycles. The van der Waals surface area contributed by atoms with Gasteiger partial charge in [-0.2, -0.15) is 4.31 Å². The second-order valence-corrected chi connectivity index (χ2v) is 10.00. The Labute approximate surface area is 169 Å². The van der Waals surface area contributed by atoms with E-state index in [1.807, 2.05) is 0 Å². The van der Waals surface area contributed by atoms with Gasteiger partial charge in [0, 0.05) is 24.4 Å². The summed E-state index contributed by atoms with van der Waals surface area (Å²) in [4.78, 5) is 12.5. The van der Waals surface area contributed by atoms with Crippen LogP contribution < -0.4 is 5.32 Å². The molecule has 3 rings (SSSR count). The molecule has 0 aliphatic carbocycles. The molecule has 1 aliphatic heterocycles. The van der Waals surface area contributed by atoms with Crippen LogP contribution in [0.2, 0.25) is 0 Å². The monoisotopic (exact) mass is 423 g/mol. The Morgan fingerprint density at radius 3 is 2.64 bits per heavy atom. The smallest absolute Gasteiger partial charge is 0.252 e. The van der Waals surface area contributed by atoms with Crippen LogP contribution in [0.25, 0.3) is 12.2 Å². The van der Waals surface area contributed by atoms with E-state index in [9.17, 15) is 13.2 Å². The zero-order valence-corrected chi connectivity index (χ0v) is 17.7. The third kappa shape index (κ3) is 4.71. The van der Waals surface area contributed by atoms with Gasteiger partial charge in [0.2, 0.25) is 5.91 Å². The van der Waals surface area contributed by atoms with Gasteiger partial charge in [-0.1, -0.05) is 24.9 Å². The van der Waals surface area contributed by atoms with Crippen LogP contribution in [0, 0.1) is 6.92 Å². The van der Waals surface area contributed by atoms with E-state index in [-0.39, 0.29) is 5.91 Å². The third-order valence-electron chi connectivity index (χ3n) is 4.63. The number of nitrogens with one attached hydrogen (secondary N) is 1. The first-order valence-electron chi connectivity index (χ1n) is 9.46. The van der Waals surface area contributed by atoms with Crippen molar-refractivity contribution in [2.24, 2.45) is 0 Å². The lowest BCUT2D eigenvalue weighted by Gasteiger charge is -2.18. The van der Waals surface area contributed by atoms with Crippen molar-refractivity contribution in [3.05, 3.63) is 28.5 Å². The predicted octanol–water partition coefficient (Wildman–Crippen LogP) is 4.13. The summed E-state index contributed by atoms with van der Waals surface area (Å²) in [5.74, 6) is 0.313. The topological polar surface area (TPSA) is 92.5 Å². The largest absolute Gasteiger partial charge is 0.354 e. The maximum Gasteiger partial charge on any atom is 0.252 e. The maximum atomic E-state index is 12.9. The number of aryl methyl sites for hydroxylation is 1. The van der Waals surface area contributed by atoms with Gasteiger partial charge in [-0.25, -0.2) is 8.42 Å². The van der Waals surface area contributed by atoms with Crippen LogP contribution in [0.15, 0.2) is 20.9 Å². The molecule has 0 saturated carbocycles. The van der Waals surface area contributed by atoms with Gasteiger partial charge in [0.15, 0.2) is 5.76 Å². The molecule has 152 valence electrons. The van der Waals surface area contributed by atoms with Crippen molar-refractivity contribution in [2.75, 3.05) is 18.4 Å². The Kier molecular flexibility index (Phi) is 6.69. The number of carbonyl (C=O) groups is 1. The van der Waals surface area contributed by atoms with Gasteiger partial charge in [0.25, 0.3) is 10.0 Å². The number of aromatic nitrogens is 1. The van der Waals surface area contributed by atoms with E-state index in [0.717, 1.165) is 30.6 Å². The highest BCUT2D eigenvalue weighted by molar-refractivity contribution is 7.91. The number of rotatable bonds is 6. The Bertz CT molecular complexity index is 952. The Balaban J connectivity index is 1.77. The molecule has 9 heteroatoms. The van der Waals surface area contributed by atoms with Crippen molar-refractivity contribution < 1.29 is 17.7 Å². The summed E-state index contributed by atoms with van der Waals surface area (Å²) in [6.45, 7) is 4.70. The van der Waals surface area contributed by atoms with Crippen LogP contribution >= 0.6 is 11.3 Å². The highest BCUT2D eigenvalue weighted by Crippen LogP contribution is 2.29. The molecule has 2 aromatic heterocycles. The molecular weight excluding hydrogens is 398 g/mol. The number of nitrogens with zero attached hydrogens (tertiary/aromatic N) is 2. The molecule has 2 aromatic rings. The number of thiophene rings is 1. The molecular formula is C19H25N3O4S2. The van der Waals surface area contributed by atoms with Gasteiger partial charge in [0.1, 0.15) is 15.6 Å². The Hall–Kier alpha value is -1.97. The Morgan fingerprint density at radius 1 is 1.25 bits per heavy atom. The SMILES string of the molecule is CCC(=O)Nc1c(C)noc1/C=C/c1ccc(S(=O)(=O)N2CCCCCC2)s1. The first kappa shape index (κ1) is 20.8. The molecule has 0 spiro atoms. The number of amides is 1. The second-order valence-electron chi connectivity index (χ2n) is 6.72. The zero-order valence-electron chi connectivity index (χ0n) is 16.1. The fourth-order valence-corrected chi connectivity index (χ4v) is 5.91. The summed E-state index contributed by atoms with van der Waals surface area (Å²) in [6, 6.07) is 3.43. The van der Waals surface area contributed by atoms with Gasteiger partial charge in [0.05, 0.1) is 0 Å². The van der Waals surface area contributed by atoms with E-state index in [1.165, 1.54) is 11.3 Å². The number of hydrogen-bond acceptors (Lipinski definition) is 6. The van der Waals surface area contributed by atoms with Gasteiger partial charge < -0.3 is 9.84 Å². The summed E-state index contributed by atoms with van der Waals surface area (Å²) < 4.78 is 33.0. The van der Waals surface area contributed by atoms with E-state index in [0.29, 0.717) is 40.9 Å². The van der Waals surface area contributed by atoms with Crippen molar-refractivity contribution in [1.82, 2.24) is 9.46 Å². The average Bonchev–Trinajstić information content (AvgIpc) is 3.17. The van der Waals surface area contributed by atoms with Crippen molar-refractivity contribution >= 4 is 45.1 Å². The minimum absolute atomic E-state index is 0.122. The summed E-state index contributed by atoms with van der Waals surface area (Å²) in [5.41, 5.74) is 1.13. The molecule has 0 radical (unpaired) electrons. The molecule has 1 fully saturated rings. The molecule has 1 N–H and O–H groups in total. The van der Waals surface area contributed by atoms with Crippen LogP contribution in [-0.4, -0.2) is 36.9 Å². The quantitative estimate of drug-likeness (QED) is 0.754. The summed E-state index contributed by atoms with van der Waals surface area (Å²) >= 11 is 1.22. The van der Waals surface area contributed by atoms with Crippen LogP contribution in [0.5, 0.6) is 0 Å². The lowest BCUT2D eigenvalue weighted by Crippen LogP contribution is -2.31. The predicted molar refractivity (Wildman–Crippen MR) is 111 cm³/mol. The first-order chi connectivity index (χ1) is 13.4. The highest BCUT2D eigenvalue weighted by atomic mass is 32.2. The number of anilines is 1. The fraction of sp³-hybridized carbons (Fsp3) is 0.474. The van der Waals surface area contributed by atoms with Crippen LogP contribution in [0.4, 0.5) is 5.69 Å². The number of sulfonamides is 1. The number of carbonyl (C=O) groups excluding carboxylic acids is 1. The van der Waals surface area contributed by atoms with Crippen molar-refractivity contribution in [3.8, 4) is 0 Å². The van der Waals surface area contributed by atoms with Gasteiger partial charge in [-0.3, -0.25) is 4.79 Å². The van der Waals surface area contributed by atoms with Gasteiger partial charge in [-0.05, 0) is 44.1 Å². The minimum atomic E-state index is -3.45. The summed E-state index contributed by atoms with van der Waals surface area (Å²) in [5, 5.41) is 6.67. The third-order valence-corrected chi connectivity index (χ3v) is 8.05. The molecule has 3 heterocycles. The van der Waals surface area contributed by atoms with E-state index in [1.54, 1.807) is 42.4 Å². The molecule has 1 amide bonds. The Morgan fingerprint density at radius 2 is 1.96 bits per heavy atom. The molecule has 1 saturated heterocycles. The maximum absolute atomic E-state index is 12.9. The van der Waals surface area contributed by atoms with Crippen molar-refractivity contribution in [2.45, 2.75) is 50.2 Å². The van der Waals surface area contributed by atoms with Gasteiger partial charge >= 0.3 is 0 Å². The first-order valence-corrected chi connectivity index (χ1v) is 11.7. The lowest BCUT2D eigenvalue weighted by molar-refractivity contribution is -0.115. The van der Waals surface area contributed by atoms with E-state index in [4.69, 9.17) is 4.52 Å². The zero-order chi connectivity index (χ0) is 20.1. The average molecular weight is 424 g/mol. The molecule has 0 atom stereocenters. The molecule has 0 bridgehead atoms. The van der Waals surface area contributed by atoms with E-state index >= 15 is 0 Å². The molecule has 28 heavy (non-hydrogen) atoms. The van der Waals surface area contributed by atoms with Crippen LogP contribution in [0.1, 0.15) is 55.4 Å². The fourth-order valence-electron chi connectivity index (χ4n) is 3.01. The highest BCUT2D eigenvalue weighted by Gasteiger charge is 2.26. The standard InChI is InChI=1S/C19H25N3O4S2/c1-3-17(23)20-19-14(2)21-26-16(19)10-8-15-9-11-18(27-15)28(24,25)22-12-6-4-5-7-13-22/h8-11H,3-7,12-13H2,1-2H3,(H,20,23)/b10-8+. The molecule has 1 aliphatic rings. The van der Waals surface area contributed by atoms with Crippen molar-refractivity contribution in [3.63, 3.8) is 0 Å². The molecule has 0 unspecified atom stereocenters. The van der Waals surface area contributed by atoms with E-state index < -0.39 is 10.0 Å². The summed E-state index contributed by atoms with van der Waals surface area (Å²) in [6.07, 6.45) is 7.81. The van der Waals surface area contributed by atoms with Crippen LogP contribution in [-0.2, 0) is 14.8 Å². The minimum Gasteiger partial charge on any atom is -0.354 e. The van der Waals surface area contributed by atoms with Crippen molar-refractivity contribution in [1.29, 1.82) is 0 Å². The second kappa shape index (κ2) is 9.02. The number of hydrogen-bond donors (Lipinski definition) is 1. The lowest BCUT2D eigenvalue weighted by atomic mass is 10.2. The van der Waals surface area contributed by atoms with E-state index in [2.05, 4.69) is 10.5 Å². The molecule has 7 nitrogen and oxygen atoms in total. The summed E-state index contributed by atoms with van der Waals surface area (Å²) in [7, 11) is -3.45.